The van der Waals surface area contributed by atoms with Crippen molar-refractivity contribution in [3.8, 4) is 0 Å². The fourth-order valence-corrected chi connectivity index (χ4v) is 2.06. The number of aliphatic hydroxyl groups is 1. The highest BCUT2D eigenvalue weighted by Gasteiger charge is 2.22. The van der Waals surface area contributed by atoms with E-state index in [2.05, 4.69) is 5.32 Å². The number of aliphatic hydroxyl groups excluding tert-OH is 1. The molecule has 124 valence electrons. The van der Waals surface area contributed by atoms with Gasteiger partial charge in [0.05, 0.1) is 18.6 Å². The molecular weight excluding hydrogens is 304 g/mol. The molecule has 0 aliphatic heterocycles. The highest BCUT2D eigenvalue weighted by atomic mass is 32.2. The molecule has 0 aromatic heterocycles. The number of nitrogens with one attached hydrogen (secondary N) is 1. The highest BCUT2D eigenvalue weighted by molar-refractivity contribution is 7.95. The second kappa shape index (κ2) is 12.0. The van der Waals surface area contributed by atoms with Crippen LogP contribution in [-0.2, 0) is 13.8 Å². The van der Waals surface area contributed by atoms with Crippen molar-refractivity contribution >= 4 is 23.9 Å². The number of hydrogen-bond donors (Lipinski definition) is 3. The van der Waals surface area contributed by atoms with E-state index >= 15 is 0 Å². The zero-order chi connectivity index (χ0) is 17.0. The Balaban J connectivity index is 0.00000135. The van der Waals surface area contributed by atoms with Gasteiger partial charge in [-0.25, -0.2) is 0 Å². The highest BCUT2D eigenvalue weighted by Crippen LogP contribution is 2.20. The van der Waals surface area contributed by atoms with E-state index in [4.69, 9.17) is 9.92 Å². The Morgan fingerprint density at radius 1 is 1.36 bits per heavy atom. The van der Waals surface area contributed by atoms with Gasteiger partial charge in [0.1, 0.15) is 11.3 Å². The number of carbonyl (C=O) groups excluding carboxylic acids is 2. The van der Waals surface area contributed by atoms with Crippen LogP contribution in [-0.4, -0.2) is 35.5 Å². The van der Waals surface area contributed by atoms with Crippen LogP contribution in [0.5, 0.6) is 0 Å². The second-order valence-electron chi connectivity index (χ2n) is 4.40. The quantitative estimate of drug-likeness (QED) is 0.539. The van der Waals surface area contributed by atoms with Gasteiger partial charge in [-0.1, -0.05) is 37.3 Å². The minimum Gasteiger partial charge on any atom is -0.395 e. The van der Waals surface area contributed by atoms with Gasteiger partial charge in [0.15, 0.2) is 0 Å². The SMILES string of the molecule is CC(=O)NC(C)SOC(=O)C(CO)c1ccccc1.CCN. The van der Waals surface area contributed by atoms with Gasteiger partial charge in [-0.15, -0.1) is 0 Å². The third-order valence-corrected chi connectivity index (χ3v) is 3.02. The van der Waals surface area contributed by atoms with Crippen LogP contribution in [0, 0.1) is 0 Å². The predicted molar refractivity (Wildman–Crippen MR) is 88.0 cm³/mol. The van der Waals surface area contributed by atoms with Gasteiger partial charge >= 0.3 is 5.97 Å². The third kappa shape index (κ3) is 8.66. The molecular formula is C15H24N2O4S. The minimum atomic E-state index is -0.710. The van der Waals surface area contributed by atoms with Crippen molar-refractivity contribution in [2.45, 2.75) is 32.1 Å². The Bertz CT molecular complexity index is 442. The first-order valence-corrected chi connectivity index (χ1v) is 7.76. The van der Waals surface area contributed by atoms with Crippen LogP contribution in [0.1, 0.15) is 32.3 Å². The van der Waals surface area contributed by atoms with Crippen LogP contribution in [0.25, 0.3) is 0 Å². The number of nitrogens with two attached hydrogens (primary N) is 1. The molecule has 2 unspecified atom stereocenters. The van der Waals surface area contributed by atoms with Crippen LogP contribution < -0.4 is 11.1 Å². The van der Waals surface area contributed by atoms with Crippen LogP contribution in [0.3, 0.4) is 0 Å². The van der Waals surface area contributed by atoms with Gasteiger partial charge in [0.2, 0.25) is 5.91 Å². The Labute approximate surface area is 135 Å². The number of rotatable bonds is 6. The summed E-state index contributed by atoms with van der Waals surface area (Å²) >= 11 is 0.859. The topological polar surface area (TPSA) is 102 Å². The molecule has 0 bridgehead atoms. The maximum atomic E-state index is 11.8. The molecule has 0 radical (unpaired) electrons. The molecule has 0 saturated carbocycles. The summed E-state index contributed by atoms with van der Waals surface area (Å²) in [5.74, 6) is -1.44. The largest absolute Gasteiger partial charge is 0.395 e. The molecule has 1 rings (SSSR count). The molecule has 0 aliphatic rings. The minimum absolute atomic E-state index is 0.196. The first-order chi connectivity index (χ1) is 10.5. The zero-order valence-corrected chi connectivity index (χ0v) is 13.9. The van der Waals surface area contributed by atoms with Crippen molar-refractivity contribution in [1.82, 2.24) is 5.32 Å². The summed E-state index contributed by atoms with van der Waals surface area (Å²) in [4.78, 5) is 22.7. The first-order valence-electron chi connectivity index (χ1n) is 6.96. The summed E-state index contributed by atoms with van der Waals surface area (Å²) in [5.41, 5.74) is 5.54. The molecule has 4 N–H and O–H groups in total. The van der Waals surface area contributed by atoms with Crippen molar-refractivity contribution < 1.29 is 18.9 Å². The predicted octanol–water partition coefficient (Wildman–Crippen LogP) is 1.40. The Morgan fingerprint density at radius 2 is 1.91 bits per heavy atom. The van der Waals surface area contributed by atoms with Crippen molar-refractivity contribution in [3.05, 3.63) is 35.9 Å². The van der Waals surface area contributed by atoms with Gasteiger partial charge < -0.3 is 20.3 Å². The smallest absolute Gasteiger partial charge is 0.327 e. The van der Waals surface area contributed by atoms with E-state index in [-0.39, 0.29) is 17.9 Å². The summed E-state index contributed by atoms with van der Waals surface area (Å²) in [7, 11) is 0. The van der Waals surface area contributed by atoms with Gasteiger partial charge in [0.25, 0.3) is 0 Å². The zero-order valence-electron chi connectivity index (χ0n) is 13.1. The molecule has 2 atom stereocenters. The molecule has 0 saturated heterocycles. The molecule has 1 aromatic carbocycles. The monoisotopic (exact) mass is 328 g/mol. The van der Waals surface area contributed by atoms with Gasteiger partial charge in [-0.05, 0) is 19.0 Å². The molecule has 6 nitrogen and oxygen atoms in total. The number of hydrogen-bond acceptors (Lipinski definition) is 6. The molecule has 0 fully saturated rings. The van der Waals surface area contributed by atoms with E-state index < -0.39 is 11.9 Å². The lowest BCUT2D eigenvalue weighted by atomic mass is 10.0. The Morgan fingerprint density at radius 3 is 2.36 bits per heavy atom. The molecule has 0 heterocycles. The number of amides is 1. The van der Waals surface area contributed by atoms with Crippen molar-refractivity contribution in [1.29, 1.82) is 0 Å². The molecule has 0 aliphatic carbocycles. The summed E-state index contributed by atoms with van der Waals surface area (Å²) in [5, 5.41) is 11.5. The van der Waals surface area contributed by atoms with Crippen LogP contribution >= 0.6 is 12.0 Å². The van der Waals surface area contributed by atoms with E-state index in [1.54, 1.807) is 31.2 Å². The number of benzene rings is 1. The first kappa shape index (κ1) is 20.4. The summed E-state index contributed by atoms with van der Waals surface area (Å²) in [6.07, 6.45) is 0. The van der Waals surface area contributed by atoms with Crippen molar-refractivity contribution in [2.75, 3.05) is 13.2 Å². The van der Waals surface area contributed by atoms with E-state index in [0.717, 1.165) is 18.6 Å². The van der Waals surface area contributed by atoms with Crippen molar-refractivity contribution in [3.63, 3.8) is 0 Å². The molecule has 1 amide bonds. The molecule has 0 spiro atoms. The maximum Gasteiger partial charge on any atom is 0.327 e. The number of carbonyl (C=O) groups is 2. The second-order valence-corrected chi connectivity index (χ2v) is 5.46. The van der Waals surface area contributed by atoms with E-state index in [9.17, 15) is 14.7 Å². The van der Waals surface area contributed by atoms with Crippen LogP contribution in [0.2, 0.25) is 0 Å². The van der Waals surface area contributed by atoms with Gasteiger partial charge in [0, 0.05) is 6.92 Å². The lowest BCUT2D eigenvalue weighted by Crippen LogP contribution is -2.28. The normalized spacial score (nSPS) is 12.4. The van der Waals surface area contributed by atoms with Gasteiger partial charge in [-0.2, -0.15) is 0 Å². The Hall–Kier alpha value is -1.57. The lowest BCUT2D eigenvalue weighted by molar-refractivity contribution is -0.135. The standard InChI is InChI=1S/C13H17NO4S.C2H7N/c1-9(16)14-10(2)19-18-13(17)12(8-15)11-6-4-3-5-7-11;1-2-3/h3-7,10,12,15H,8H2,1-2H3,(H,14,16);2-3H2,1H3. The lowest BCUT2D eigenvalue weighted by Gasteiger charge is -2.15. The fraction of sp³-hybridized carbons (Fsp3) is 0.467. The maximum absolute atomic E-state index is 11.8. The van der Waals surface area contributed by atoms with E-state index in [1.165, 1.54) is 6.92 Å². The third-order valence-electron chi connectivity index (χ3n) is 2.35. The van der Waals surface area contributed by atoms with Gasteiger partial charge in [-0.3, -0.25) is 9.59 Å². The summed E-state index contributed by atoms with van der Waals surface area (Å²) in [6, 6.07) is 8.92. The van der Waals surface area contributed by atoms with Crippen LogP contribution in [0.4, 0.5) is 0 Å². The van der Waals surface area contributed by atoms with Crippen molar-refractivity contribution in [2.24, 2.45) is 5.73 Å². The van der Waals surface area contributed by atoms with E-state index in [1.807, 2.05) is 13.0 Å². The van der Waals surface area contributed by atoms with E-state index in [0.29, 0.717) is 5.56 Å². The molecule has 7 heteroatoms. The average molecular weight is 328 g/mol. The average Bonchev–Trinajstić information content (AvgIpc) is 2.47. The summed E-state index contributed by atoms with van der Waals surface area (Å²) in [6.45, 7) is 5.42. The Kier molecular flexibility index (Phi) is 11.2. The molecule has 22 heavy (non-hydrogen) atoms. The summed E-state index contributed by atoms with van der Waals surface area (Å²) < 4.78 is 5.02. The fourth-order valence-electron chi connectivity index (χ4n) is 1.49. The van der Waals surface area contributed by atoms with Crippen LogP contribution in [0.15, 0.2) is 30.3 Å². The molecule has 1 aromatic rings.